The minimum atomic E-state index is -0.628. The average Bonchev–Trinajstić information content (AvgIpc) is 2.38. The second kappa shape index (κ2) is 8.68. The third-order valence-corrected chi connectivity index (χ3v) is 3.07. The molecule has 0 spiro atoms. The summed E-state index contributed by atoms with van der Waals surface area (Å²) in [6.45, 7) is 6.44. The van der Waals surface area contributed by atoms with Crippen molar-refractivity contribution in [1.29, 1.82) is 5.26 Å². The molecule has 3 nitrogen and oxygen atoms in total. The molecule has 0 aliphatic heterocycles. The van der Waals surface area contributed by atoms with Crippen LogP contribution in [0.5, 0.6) is 0 Å². The maximum Gasteiger partial charge on any atom is 0.123 e. The van der Waals surface area contributed by atoms with Crippen LogP contribution < -0.4 is 0 Å². The van der Waals surface area contributed by atoms with Gasteiger partial charge in [0.05, 0.1) is 12.2 Å². The Bertz CT molecular complexity index is 425. The molecule has 4 heteroatoms. The van der Waals surface area contributed by atoms with Crippen LogP contribution in [0.4, 0.5) is 4.39 Å². The Morgan fingerprint density at radius 3 is 2.45 bits per heavy atom. The molecule has 0 saturated heterocycles. The largest absolute Gasteiger partial charge is 0.387 e. The van der Waals surface area contributed by atoms with Gasteiger partial charge in [-0.2, -0.15) is 5.26 Å². The number of aliphatic hydroxyl groups is 1. The van der Waals surface area contributed by atoms with Gasteiger partial charge in [-0.25, -0.2) is 4.39 Å². The Kier molecular flexibility index (Phi) is 7.21. The van der Waals surface area contributed by atoms with E-state index in [1.807, 2.05) is 0 Å². The highest BCUT2D eigenvalue weighted by Crippen LogP contribution is 2.16. The van der Waals surface area contributed by atoms with E-state index in [-0.39, 0.29) is 5.82 Å². The summed E-state index contributed by atoms with van der Waals surface area (Å²) in [6, 6.07) is 8.09. The third-order valence-electron chi connectivity index (χ3n) is 3.07. The number of nitriles is 1. The molecule has 20 heavy (non-hydrogen) atoms. The molecule has 1 unspecified atom stereocenters. The Morgan fingerprint density at radius 1 is 1.25 bits per heavy atom. The van der Waals surface area contributed by atoms with Crippen LogP contribution in [0.1, 0.15) is 38.4 Å². The molecule has 110 valence electrons. The van der Waals surface area contributed by atoms with Crippen LogP contribution in [0.3, 0.4) is 0 Å². The highest BCUT2D eigenvalue weighted by Gasteiger charge is 2.14. The SMILES string of the molecule is CC(C)CN(CCCC#N)CC(O)c1ccc(F)cc1. The molecule has 1 aromatic carbocycles. The maximum atomic E-state index is 12.9. The lowest BCUT2D eigenvalue weighted by molar-refractivity contribution is 0.105. The third kappa shape index (κ3) is 6.14. The van der Waals surface area contributed by atoms with E-state index in [1.54, 1.807) is 12.1 Å². The van der Waals surface area contributed by atoms with Gasteiger partial charge in [0.1, 0.15) is 5.82 Å². The molecule has 0 bridgehead atoms. The second-order valence-electron chi connectivity index (χ2n) is 5.48. The van der Waals surface area contributed by atoms with E-state index >= 15 is 0 Å². The van der Waals surface area contributed by atoms with Crippen LogP contribution >= 0.6 is 0 Å². The summed E-state index contributed by atoms with van der Waals surface area (Å²) in [5.41, 5.74) is 0.723. The summed E-state index contributed by atoms with van der Waals surface area (Å²) in [7, 11) is 0. The van der Waals surface area contributed by atoms with Crippen LogP contribution in [-0.2, 0) is 0 Å². The number of nitrogens with zero attached hydrogens (tertiary/aromatic N) is 2. The molecule has 1 atom stereocenters. The predicted octanol–water partition coefficient (Wildman–Crippen LogP) is 3.12. The van der Waals surface area contributed by atoms with E-state index in [1.165, 1.54) is 12.1 Å². The van der Waals surface area contributed by atoms with Gasteiger partial charge < -0.3 is 10.0 Å². The summed E-state index contributed by atoms with van der Waals surface area (Å²) in [4.78, 5) is 2.16. The van der Waals surface area contributed by atoms with E-state index in [0.29, 0.717) is 18.9 Å². The van der Waals surface area contributed by atoms with Crippen molar-refractivity contribution in [2.45, 2.75) is 32.8 Å². The number of rotatable bonds is 8. The van der Waals surface area contributed by atoms with Crippen molar-refractivity contribution in [2.24, 2.45) is 5.92 Å². The zero-order valence-corrected chi connectivity index (χ0v) is 12.2. The first-order valence-corrected chi connectivity index (χ1v) is 7.05. The van der Waals surface area contributed by atoms with Crippen molar-refractivity contribution in [1.82, 2.24) is 4.90 Å². The van der Waals surface area contributed by atoms with E-state index < -0.39 is 6.10 Å². The first-order valence-electron chi connectivity index (χ1n) is 7.05. The van der Waals surface area contributed by atoms with Gasteiger partial charge in [0.15, 0.2) is 0 Å². The normalized spacial score (nSPS) is 12.7. The Morgan fingerprint density at radius 2 is 1.90 bits per heavy atom. The molecule has 0 fully saturated rings. The van der Waals surface area contributed by atoms with Gasteiger partial charge in [-0.05, 0) is 36.6 Å². The second-order valence-corrected chi connectivity index (χ2v) is 5.48. The number of unbranched alkanes of at least 4 members (excludes halogenated alkanes) is 1. The standard InChI is InChI=1S/C16H23FN2O/c1-13(2)11-19(10-4-3-9-18)12-16(20)14-5-7-15(17)8-6-14/h5-8,13,16,20H,3-4,10-12H2,1-2H3. The minimum Gasteiger partial charge on any atom is -0.387 e. The van der Waals surface area contributed by atoms with Gasteiger partial charge in [-0.1, -0.05) is 26.0 Å². The van der Waals surface area contributed by atoms with Gasteiger partial charge in [-0.3, -0.25) is 0 Å². The monoisotopic (exact) mass is 278 g/mol. The van der Waals surface area contributed by atoms with Gasteiger partial charge in [0.2, 0.25) is 0 Å². The first-order chi connectivity index (χ1) is 9.52. The molecule has 0 saturated carbocycles. The molecule has 0 aromatic heterocycles. The molecule has 0 aliphatic carbocycles. The molecular weight excluding hydrogens is 255 g/mol. The van der Waals surface area contributed by atoms with Crippen molar-refractivity contribution < 1.29 is 9.50 Å². The minimum absolute atomic E-state index is 0.297. The number of hydrogen-bond donors (Lipinski definition) is 1. The van der Waals surface area contributed by atoms with Crippen molar-refractivity contribution >= 4 is 0 Å². The zero-order chi connectivity index (χ0) is 15.0. The zero-order valence-electron chi connectivity index (χ0n) is 12.2. The van der Waals surface area contributed by atoms with Crippen LogP contribution in [0.15, 0.2) is 24.3 Å². The number of hydrogen-bond acceptors (Lipinski definition) is 3. The molecule has 1 N–H and O–H groups in total. The summed E-state index contributed by atoms with van der Waals surface area (Å²) in [5.74, 6) is 0.200. The fourth-order valence-electron chi connectivity index (χ4n) is 2.19. The molecule has 0 amide bonds. The van der Waals surface area contributed by atoms with E-state index in [9.17, 15) is 9.50 Å². The first kappa shape index (κ1) is 16.6. The molecule has 0 radical (unpaired) electrons. The highest BCUT2D eigenvalue weighted by atomic mass is 19.1. The van der Waals surface area contributed by atoms with Gasteiger partial charge in [0, 0.05) is 19.5 Å². The lowest BCUT2D eigenvalue weighted by Gasteiger charge is -2.26. The van der Waals surface area contributed by atoms with Crippen LogP contribution in [0, 0.1) is 23.1 Å². The molecule has 1 aromatic rings. The van der Waals surface area contributed by atoms with Crippen molar-refractivity contribution in [3.8, 4) is 6.07 Å². The van der Waals surface area contributed by atoms with Crippen LogP contribution in [0.25, 0.3) is 0 Å². The summed E-state index contributed by atoms with van der Waals surface area (Å²) >= 11 is 0. The molecular formula is C16H23FN2O. The van der Waals surface area contributed by atoms with E-state index in [2.05, 4.69) is 24.8 Å². The summed E-state index contributed by atoms with van der Waals surface area (Å²) in [6.07, 6.45) is 0.706. The number of aliphatic hydroxyl groups excluding tert-OH is 1. The topological polar surface area (TPSA) is 47.3 Å². The van der Waals surface area contributed by atoms with Gasteiger partial charge in [-0.15, -0.1) is 0 Å². The Hall–Kier alpha value is -1.44. The van der Waals surface area contributed by atoms with Crippen molar-refractivity contribution in [3.05, 3.63) is 35.6 Å². The average molecular weight is 278 g/mol. The fourth-order valence-corrected chi connectivity index (χ4v) is 2.19. The smallest absolute Gasteiger partial charge is 0.123 e. The predicted molar refractivity (Wildman–Crippen MR) is 77.5 cm³/mol. The van der Waals surface area contributed by atoms with Crippen molar-refractivity contribution in [3.63, 3.8) is 0 Å². The maximum absolute atomic E-state index is 12.9. The molecule has 0 aliphatic rings. The lowest BCUT2D eigenvalue weighted by atomic mass is 10.1. The van der Waals surface area contributed by atoms with Gasteiger partial charge >= 0.3 is 0 Å². The molecule has 1 rings (SSSR count). The fraction of sp³-hybridized carbons (Fsp3) is 0.562. The lowest BCUT2D eigenvalue weighted by Crippen LogP contribution is -2.33. The Balaban J connectivity index is 2.58. The van der Waals surface area contributed by atoms with Gasteiger partial charge in [0.25, 0.3) is 0 Å². The van der Waals surface area contributed by atoms with Crippen LogP contribution in [-0.4, -0.2) is 29.6 Å². The van der Waals surface area contributed by atoms with Crippen LogP contribution in [0.2, 0.25) is 0 Å². The summed E-state index contributed by atoms with van der Waals surface area (Å²) in [5, 5.41) is 18.8. The van der Waals surface area contributed by atoms with E-state index in [4.69, 9.17) is 5.26 Å². The Labute approximate surface area is 120 Å². The number of halogens is 1. The summed E-state index contributed by atoms with van der Waals surface area (Å²) < 4.78 is 12.9. The highest BCUT2D eigenvalue weighted by molar-refractivity contribution is 5.18. The van der Waals surface area contributed by atoms with E-state index in [0.717, 1.165) is 25.1 Å². The number of benzene rings is 1. The quantitative estimate of drug-likeness (QED) is 0.743. The van der Waals surface area contributed by atoms with Crippen molar-refractivity contribution in [2.75, 3.05) is 19.6 Å². The molecule has 0 heterocycles.